The zero-order valence-corrected chi connectivity index (χ0v) is 13.7. The minimum atomic E-state index is 0.401. The smallest absolute Gasteiger partial charge is 0.118 e. The lowest BCUT2D eigenvalue weighted by Gasteiger charge is -2.39. The van der Waals surface area contributed by atoms with Crippen LogP contribution in [-0.4, -0.2) is 43.9 Å². The Morgan fingerprint density at radius 1 is 1.09 bits per heavy atom. The van der Waals surface area contributed by atoms with Gasteiger partial charge in [-0.3, -0.25) is 4.99 Å². The van der Waals surface area contributed by atoms with Gasteiger partial charge in [-0.2, -0.15) is 0 Å². The van der Waals surface area contributed by atoms with Crippen molar-refractivity contribution in [1.29, 1.82) is 0 Å². The summed E-state index contributed by atoms with van der Waals surface area (Å²) < 4.78 is 5.28. The number of rotatable bonds is 2. The molecule has 118 valence electrons. The summed E-state index contributed by atoms with van der Waals surface area (Å²) in [5, 5.41) is 0. The lowest BCUT2D eigenvalue weighted by atomic mass is 9.79. The number of aliphatic imine (C=N–C) groups is 1. The maximum Gasteiger partial charge on any atom is 0.118 e. The van der Waals surface area contributed by atoms with Gasteiger partial charge < -0.3 is 9.64 Å². The van der Waals surface area contributed by atoms with Crippen molar-refractivity contribution >= 4 is 5.71 Å². The highest BCUT2D eigenvalue weighted by Crippen LogP contribution is 2.36. The van der Waals surface area contributed by atoms with Crippen LogP contribution in [0.3, 0.4) is 0 Å². The number of likely N-dealkylation sites (N-methyl/N-ethyl adjacent to an activating group) is 1. The van der Waals surface area contributed by atoms with Gasteiger partial charge in [0.25, 0.3) is 0 Å². The number of ether oxygens (including phenoxy) is 1. The van der Waals surface area contributed by atoms with E-state index >= 15 is 0 Å². The first-order valence-electron chi connectivity index (χ1n) is 8.26. The van der Waals surface area contributed by atoms with Crippen molar-refractivity contribution in [2.45, 2.75) is 18.4 Å². The lowest BCUT2D eigenvalue weighted by Crippen LogP contribution is -2.41. The van der Waals surface area contributed by atoms with Crippen molar-refractivity contribution < 1.29 is 4.74 Å². The highest BCUT2D eigenvalue weighted by Gasteiger charge is 2.34. The second kappa shape index (κ2) is 5.82. The first-order chi connectivity index (χ1) is 11.3. The summed E-state index contributed by atoms with van der Waals surface area (Å²) in [5.74, 6) is 1.41. The lowest BCUT2D eigenvalue weighted by molar-refractivity contribution is 0.227. The average molecular weight is 306 g/mol. The van der Waals surface area contributed by atoms with Crippen LogP contribution in [0.4, 0.5) is 0 Å². The third kappa shape index (κ3) is 2.55. The summed E-state index contributed by atoms with van der Waals surface area (Å²) in [5.41, 5.74) is 5.05. The summed E-state index contributed by atoms with van der Waals surface area (Å²) in [4.78, 5) is 7.58. The zero-order chi connectivity index (χ0) is 15.8. The third-order valence-electron chi connectivity index (χ3n) is 5.05. The molecule has 2 aliphatic rings. The van der Waals surface area contributed by atoms with Gasteiger partial charge in [-0.1, -0.05) is 24.3 Å². The Bertz CT molecular complexity index is 736. The fourth-order valence-corrected chi connectivity index (χ4v) is 3.81. The molecule has 2 atom stereocenters. The first-order valence-corrected chi connectivity index (χ1v) is 8.26. The van der Waals surface area contributed by atoms with Crippen molar-refractivity contribution in [3.63, 3.8) is 0 Å². The van der Waals surface area contributed by atoms with E-state index in [1.165, 1.54) is 16.7 Å². The summed E-state index contributed by atoms with van der Waals surface area (Å²) in [6.45, 7) is 2.23. The molecular formula is C20H22N2O. The molecule has 3 heteroatoms. The van der Waals surface area contributed by atoms with Gasteiger partial charge in [0, 0.05) is 23.6 Å². The number of fused-ring (bicyclic) bond motifs is 3. The van der Waals surface area contributed by atoms with Crippen molar-refractivity contribution in [3.05, 3.63) is 65.2 Å². The van der Waals surface area contributed by atoms with E-state index in [1.807, 2.05) is 12.1 Å². The highest BCUT2D eigenvalue weighted by atomic mass is 16.5. The molecule has 0 bridgehead atoms. The number of likely N-dealkylation sites (tertiary alicyclic amines) is 1. The monoisotopic (exact) mass is 306 g/mol. The number of methoxy groups -OCH3 is 1. The van der Waals surface area contributed by atoms with Crippen molar-refractivity contribution in [2.24, 2.45) is 4.99 Å². The highest BCUT2D eigenvalue weighted by molar-refractivity contribution is 6.14. The predicted molar refractivity (Wildman–Crippen MR) is 93.7 cm³/mol. The van der Waals surface area contributed by atoms with Gasteiger partial charge in [-0.25, -0.2) is 0 Å². The molecule has 0 radical (unpaired) electrons. The SMILES string of the molecule is COc1ccc(C2=NC3CCN(C)CC3c3ccccc32)cc1. The molecule has 4 rings (SSSR count). The Morgan fingerprint density at radius 3 is 2.65 bits per heavy atom. The molecule has 0 N–H and O–H groups in total. The molecule has 2 heterocycles. The Labute approximate surface area is 137 Å². The minimum Gasteiger partial charge on any atom is -0.497 e. The Balaban J connectivity index is 1.79. The molecule has 2 aromatic carbocycles. The number of hydrogen-bond donors (Lipinski definition) is 0. The van der Waals surface area contributed by atoms with Crippen LogP contribution >= 0.6 is 0 Å². The largest absolute Gasteiger partial charge is 0.497 e. The van der Waals surface area contributed by atoms with E-state index in [-0.39, 0.29) is 0 Å². The van der Waals surface area contributed by atoms with Crippen LogP contribution in [0.2, 0.25) is 0 Å². The molecule has 3 nitrogen and oxygen atoms in total. The summed E-state index contributed by atoms with van der Waals surface area (Å²) in [6.07, 6.45) is 1.13. The topological polar surface area (TPSA) is 24.8 Å². The Morgan fingerprint density at radius 2 is 1.87 bits per heavy atom. The second-order valence-corrected chi connectivity index (χ2v) is 6.52. The van der Waals surface area contributed by atoms with E-state index in [0.29, 0.717) is 12.0 Å². The van der Waals surface area contributed by atoms with Crippen LogP contribution in [0.15, 0.2) is 53.5 Å². The van der Waals surface area contributed by atoms with Gasteiger partial charge in [-0.15, -0.1) is 0 Å². The molecule has 1 fully saturated rings. The Hall–Kier alpha value is -2.13. The van der Waals surface area contributed by atoms with Crippen molar-refractivity contribution in [3.8, 4) is 5.75 Å². The summed E-state index contributed by atoms with van der Waals surface area (Å²) in [6, 6.07) is 17.4. The fourth-order valence-electron chi connectivity index (χ4n) is 3.81. The van der Waals surface area contributed by atoms with E-state index < -0.39 is 0 Å². The van der Waals surface area contributed by atoms with E-state index in [9.17, 15) is 0 Å². The van der Waals surface area contributed by atoms with Gasteiger partial charge in [0.15, 0.2) is 0 Å². The number of hydrogen-bond acceptors (Lipinski definition) is 3. The molecule has 0 spiro atoms. The van der Waals surface area contributed by atoms with Gasteiger partial charge in [0.05, 0.1) is 18.9 Å². The maximum atomic E-state index is 5.28. The molecule has 23 heavy (non-hydrogen) atoms. The molecule has 0 aromatic heterocycles. The third-order valence-corrected chi connectivity index (χ3v) is 5.05. The first kappa shape index (κ1) is 14.5. The Kier molecular flexibility index (Phi) is 3.66. The van der Waals surface area contributed by atoms with Crippen LogP contribution in [0.1, 0.15) is 29.0 Å². The second-order valence-electron chi connectivity index (χ2n) is 6.52. The van der Waals surface area contributed by atoms with Crippen LogP contribution in [0.5, 0.6) is 5.75 Å². The van der Waals surface area contributed by atoms with Crippen molar-refractivity contribution in [2.75, 3.05) is 27.2 Å². The fraction of sp³-hybridized carbons (Fsp3) is 0.350. The van der Waals surface area contributed by atoms with Crippen LogP contribution in [0, 0.1) is 0 Å². The minimum absolute atomic E-state index is 0.401. The maximum absolute atomic E-state index is 5.28. The van der Waals surface area contributed by atoms with Gasteiger partial charge in [0.1, 0.15) is 5.75 Å². The molecule has 2 unspecified atom stereocenters. The molecule has 0 amide bonds. The molecule has 2 aliphatic heterocycles. The average Bonchev–Trinajstić information content (AvgIpc) is 2.61. The molecule has 0 saturated carbocycles. The number of benzene rings is 2. The van der Waals surface area contributed by atoms with Gasteiger partial charge >= 0.3 is 0 Å². The molecule has 1 saturated heterocycles. The standard InChI is InChI=1S/C20H22N2O/c1-22-12-11-19-18(13-22)16-5-3-4-6-17(16)20(21-19)14-7-9-15(23-2)10-8-14/h3-10,18-19H,11-13H2,1-2H3. The zero-order valence-electron chi connectivity index (χ0n) is 13.7. The van der Waals surface area contributed by atoms with Crippen molar-refractivity contribution in [1.82, 2.24) is 4.90 Å². The number of piperidine rings is 1. The van der Waals surface area contributed by atoms with Crippen LogP contribution < -0.4 is 4.74 Å². The van der Waals surface area contributed by atoms with Gasteiger partial charge in [-0.05, 0) is 49.8 Å². The summed E-state index contributed by atoms with van der Waals surface area (Å²) >= 11 is 0. The summed E-state index contributed by atoms with van der Waals surface area (Å²) in [7, 11) is 3.91. The molecule has 0 aliphatic carbocycles. The van der Waals surface area contributed by atoms with E-state index in [0.717, 1.165) is 31.0 Å². The van der Waals surface area contributed by atoms with Crippen LogP contribution in [-0.2, 0) is 0 Å². The van der Waals surface area contributed by atoms with E-state index in [2.05, 4.69) is 48.3 Å². The predicted octanol–water partition coefficient (Wildman–Crippen LogP) is 3.33. The molecule has 2 aromatic rings. The quantitative estimate of drug-likeness (QED) is 0.850. The van der Waals surface area contributed by atoms with Crippen LogP contribution in [0.25, 0.3) is 0 Å². The normalized spacial score (nSPS) is 23.7. The van der Waals surface area contributed by atoms with E-state index in [1.54, 1.807) is 7.11 Å². The molecular weight excluding hydrogens is 284 g/mol. The van der Waals surface area contributed by atoms with E-state index in [4.69, 9.17) is 9.73 Å². The van der Waals surface area contributed by atoms with Gasteiger partial charge in [0.2, 0.25) is 0 Å². The number of nitrogens with zero attached hydrogens (tertiary/aromatic N) is 2.